The van der Waals surface area contributed by atoms with Crippen molar-refractivity contribution in [2.75, 3.05) is 0 Å². The summed E-state index contributed by atoms with van der Waals surface area (Å²) < 4.78 is 2.19. The van der Waals surface area contributed by atoms with Crippen molar-refractivity contribution in [3.8, 4) is 17.1 Å². The minimum Gasteiger partial charge on any atom is -0.656 e. The third-order valence-corrected chi connectivity index (χ3v) is 5.74. The molecule has 0 spiro atoms. The molecule has 0 amide bonds. The fraction of sp³-hybridized carbons (Fsp3) is 0.111. The van der Waals surface area contributed by atoms with E-state index in [-0.39, 0.29) is 25.5 Å². The summed E-state index contributed by atoms with van der Waals surface area (Å²) in [6, 6.07) is 27.6. The van der Waals surface area contributed by atoms with Gasteiger partial charge in [-0.25, -0.2) is 4.98 Å². The van der Waals surface area contributed by atoms with Crippen molar-refractivity contribution in [2.45, 2.75) is 19.9 Å². The predicted molar refractivity (Wildman–Crippen MR) is 138 cm³/mol. The van der Waals surface area contributed by atoms with Gasteiger partial charge in [0.15, 0.2) is 0 Å². The van der Waals surface area contributed by atoms with Gasteiger partial charge in [-0.3, -0.25) is 4.99 Å². The molecule has 1 radical (unpaired) electrons. The van der Waals surface area contributed by atoms with Gasteiger partial charge in [-0.1, -0.05) is 47.5 Å². The van der Waals surface area contributed by atoms with Gasteiger partial charge in [-0.05, 0) is 74.5 Å². The van der Waals surface area contributed by atoms with Crippen molar-refractivity contribution in [3.63, 3.8) is 0 Å². The Labute approximate surface area is 221 Å². The quantitative estimate of drug-likeness (QED) is 0.158. The summed E-state index contributed by atoms with van der Waals surface area (Å²) in [5.74, 6) is 0. The van der Waals surface area contributed by atoms with Crippen LogP contribution in [0.25, 0.3) is 33.4 Å². The van der Waals surface area contributed by atoms with Crippen molar-refractivity contribution in [3.05, 3.63) is 106 Å². The van der Waals surface area contributed by atoms with Crippen molar-refractivity contribution in [1.82, 2.24) is 9.55 Å². The summed E-state index contributed by atoms with van der Waals surface area (Å²) in [5.41, 5.74) is 6.26. The van der Waals surface area contributed by atoms with Crippen molar-refractivity contribution < 1.29 is 19.5 Å². The van der Waals surface area contributed by atoms with Crippen molar-refractivity contribution in [2.24, 2.45) is 4.99 Å². The molecule has 2 aliphatic rings. The molecule has 1 aliphatic heterocycles. The number of benzene rings is 4. The molecule has 0 atom stereocenters. The van der Waals surface area contributed by atoms with Gasteiger partial charge in [0.05, 0.1) is 22.4 Å². The maximum atomic E-state index is 6.17. The van der Waals surface area contributed by atoms with E-state index in [0.29, 0.717) is 10.0 Å². The Kier molecular flexibility index (Phi) is 7.37. The second-order valence-corrected chi connectivity index (χ2v) is 8.93. The van der Waals surface area contributed by atoms with E-state index in [0.717, 1.165) is 44.8 Å². The molecule has 1 aliphatic carbocycles. The van der Waals surface area contributed by atoms with Crippen LogP contribution in [0.5, 0.6) is 0 Å². The monoisotopic (exact) mass is 574 g/mol. The minimum atomic E-state index is 0. The zero-order valence-electron chi connectivity index (χ0n) is 18.5. The fourth-order valence-corrected chi connectivity index (χ4v) is 4.08. The van der Waals surface area contributed by atoms with Gasteiger partial charge >= 0.3 is 0 Å². The first-order valence-corrected chi connectivity index (χ1v) is 11.5. The van der Waals surface area contributed by atoms with Crippen LogP contribution in [-0.4, -0.2) is 15.6 Å². The van der Waals surface area contributed by atoms with Crippen LogP contribution in [-0.2, 0) is 19.5 Å². The normalized spacial score (nSPS) is 11.7. The second-order valence-electron chi connectivity index (χ2n) is 8.05. The molecule has 34 heavy (non-hydrogen) atoms. The van der Waals surface area contributed by atoms with E-state index in [1.807, 2.05) is 72.8 Å². The molecule has 5 rings (SSSR count). The van der Waals surface area contributed by atoms with Crippen molar-refractivity contribution >= 4 is 45.6 Å². The number of fused-ring (bicyclic) bond motifs is 2. The Morgan fingerprint density at radius 3 is 2.18 bits per heavy atom. The third-order valence-electron chi connectivity index (χ3n) is 5.23. The molecule has 1 heterocycles. The molecule has 0 N–H and O–H groups in total. The number of halogens is 2. The number of nitrogens with zero attached hydrogens (tertiary/aromatic N) is 4. The molecular formula is C27H21Cl2N4Rh-. The van der Waals surface area contributed by atoms with Gasteiger partial charge in [0, 0.05) is 46.6 Å². The van der Waals surface area contributed by atoms with E-state index >= 15 is 0 Å². The molecule has 3 aromatic rings. The molecule has 0 fully saturated rings. The first-order chi connectivity index (χ1) is 16.0. The fourth-order valence-electron chi connectivity index (χ4n) is 3.82. The van der Waals surface area contributed by atoms with E-state index in [1.54, 1.807) is 0 Å². The van der Waals surface area contributed by atoms with Crippen LogP contribution in [0.3, 0.4) is 0 Å². The molecular weight excluding hydrogens is 554 g/mol. The summed E-state index contributed by atoms with van der Waals surface area (Å²) >= 11 is 12.2. The van der Waals surface area contributed by atoms with Crippen LogP contribution in [0.4, 0.5) is 11.4 Å². The van der Waals surface area contributed by atoms with E-state index in [2.05, 4.69) is 30.5 Å². The van der Waals surface area contributed by atoms with Crippen LogP contribution in [0.15, 0.2) is 89.9 Å². The number of hydrogen-bond acceptors (Lipinski definition) is 2. The summed E-state index contributed by atoms with van der Waals surface area (Å²) in [4.78, 5) is 9.82. The Bertz CT molecular complexity index is 1480. The largest absolute Gasteiger partial charge is 0.656 e. The van der Waals surface area contributed by atoms with Gasteiger partial charge in [-0.15, -0.1) is 11.4 Å². The molecule has 0 aromatic heterocycles. The van der Waals surface area contributed by atoms with Gasteiger partial charge < -0.3 is 9.88 Å². The maximum absolute atomic E-state index is 6.17. The SMILES string of the molecule is CC(C)N=c1cc2n(-c3ccc(Cl)cc3)c3ccccc3nc-2cc1[N-]c1ccc(Cl)cc1.[Rh]. The Balaban J connectivity index is 0.00000274. The van der Waals surface area contributed by atoms with E-state index in [9.17, 15) is 0 Å². The summed E-state index contributed by atoms with van der Waals surface area (Å²) in [6.07, 6.45) is 0. The molecule has 0 saturated heterocycles. The molecule has 3 aromatic carbocycles. The van der Waals surface area contributed by atoms with E-state index in [4.69, 9.17) is 38.5 Å². The van der Waals surface area contributed by atoms with Crippen LogP contribution < -0.4 is 5.36 Å². The molecule has 4 nitrogen and oxygen atoms in total. The average Bonchev–Trinajstić information content (AvgIpc) is 2.80. The summed E-state index contributed by atoms with van der Waals surface area (Å²) in [7, 11) is 0. The summed E-state index contributed by atoms with van der Waals surface area (Å²) in [5, 5.41) is 7.05. The standard InChI is InChI=1S/C27H21Cl2N4.Rh/c1-17(2)30-24-16-27-25(15-23(24)31-20-11-7-18(28)8-12-20)32-22-5-3-4-6-26(22)33(27)21-13-9-19(29)10-14-21;/h3-17H,1-2H3;/q-1;. The number of para-hydroxylation sites is 2. The number of hydrogen-bond donors (Lipinski definition) is 0. The van der Waals surface area contributed by atoms with Crippen LogP contribution >= 0.6 is 23.2 Å². The van der Waals surface area contributed by atoms with Gasteiger partial charge in [0.2, 0.25) is 0 Å². The van der Waals surface area contributed by atoms with Gasteiger partial charge in [0.25, 0.3) is 0 Å². The number of rotatable bonds is 4. The minimum absolute atomic E-state index is 0. The summed E-state index contributed by atoms with van der Waals surface area (Å²) in [6.45, 7) is 4.12. The first-order valence-electron chi connectivity index (χ1n) is 10.7. The maximum Gasteiger partial charge on any atom is 0.0878 e. The number of aromatic nitrogens is 2. The Hall–Kier alpha value is -2.72. The van der Waals surface area contributed by atoms with Crippen LogP contribution in [0, 0.1) is 0 Å². The van der Waals surface area contributed by atoms with Crippen LogP contribution in [0.1, 0.15) is 13.8 Å². The third kappa shape index (κ3) is 5.02. The zero-order chi connectivity index (χ0) is 22.9. The van der Waals surface area contributed by atoms with Crippen LogP contribution in [0.2, 0.25) is 10.0 Å². The predicted octanol–water partition coefficient (Wildman–Crippen LogP) is 8.08. The molecule has 7 heteroatoms. The zero-order valence-corrected chi connectivity index (χ0v) is 21.7. The van der Waals surface area contributed by atoms with E-state index in [1.165, 1.54) is 0 Å². The topological polar surface area (TPSA) is 44.3 Å². The molecule has 0 bridgehead atoms. The average molecular weight is 575 g/mol. The smallest absolute Gasteiger partial charge is 0.0878 e. The molecule has 0 unspecified atom stereocenters. The van der Waals surface area contributed by atoms with Gasteiger partial charge in [-0.2, -0.15) is 0 Å². The first kappa shape index (κ1) is 24.4. The molecule has 0 saturated carbocycles. The second kappa shape index (κ2) is 10.3. The van der Waals surface area contributed by atoms with Crippen molar-refractivity contribution in [1.29, 1.82) is 0 Å². The van der Waals surface area contributed by atoms with E-state index < -0.39 is 0 Å². The Morgan fingerprint density at radius 2 is 1.50 bits per heavy atom. The Morgan fingerprint density at radius 1 is 0.853 bits per heavy atom. The molecule has 173 valence electrons. The van der Waals surface area contributed by atoms with Gasteiger partial charge in [0.1, 0.15) is 0 Å².